The van der Waals surface area contributed by atoms with Crippen LogP contribution in [0.3, 0.4) is 0 Å². The topological polar surface area (TPSA) is 67.2 Å². The van der Waals surface area contributed by atoms with Crippen molar-refractivity contribution in [1.29, 1.82) is 0 Å². The maximum absolute atomic E-state index is 12.7. The molecule has 6 nitrogen and oxygen atoms in total. The van der Waals surface area contributed by atoms with E-state index in [0.29, 0.717) is 11.4 Å². The van der Waals surface area contributed by atoms with Crippen molar-refractivity contribution in [2.45, 2.75) is 32.9 Å². The predicted molar refractivity (Wildman–Crippen MR) is 108 cm³/mol. The minimum atomic E-state index is -0.145. The molecule has 2 amide bonds. The molecule has 4 rings (SSSR count). The quantitative estimate of drug-likeness (QED) is 0.745. The summed E-state index contributed by atoms with van der Waals surface area (Å²) in [7, 11) is 0. The van der Waals surface area contributed by atoms with E-state index in [0.717, 1.165) is 42.5 Å². The van der Waals surface area contributed by atoms with E-state index >= 15 is 0 Å². The molecule has 0 bridgehead atoms. The van der Waals surface area contributed by atoms with Gasteiger partial charge in [0.15, 0.2) is 0 Å². The van der Waals surface area contributed by atoms with Gasteiger partial charge in [-0.2, -0.15) is 0 Å². The van der Waals surface area contributed by atoms with Gasteiger partial charge in [-0.25, -0.2) is 4.98 Å². The number of aryl methyl sites for hydroxylation is 1. The van der Waals surface area contributed by atoms with Crippen LogP contribution in [0.15, 0.2) is 48.5 Å². The first-order valence-corrected chi connectivity index (χ1v) is 9.68. The van der Waals surface area contributed by atoms with Gasteiger partial charge in [-0.05, 0) is 44.0 Å². The van der Waals surface area contributed by atoms with E-state index in [1.807, 2.05) is 58.9 Å². The maximum Gasteiger partial charge on any atom is 0.251 e. The second-order valence-corrected chi connectivity index (χ2v) is 7.24. The van der Waals surface area contributed by atoms with Gasteiger partial charge >= 0.3 is 0 Å². The number of rotatable bonds is 5. The molecule has 2 heterocycles. The Kier molecular flexibility index (Phi) is 5.10. The summed E-state index contributed by atoms with van der Waals surface area (Å²) in [5.41, 5.74) is 3.40. The van der Waals surface area contributed by atoms with E-state index in [4.69, 9.17) is 0 Å². The Morgan fingerprint density at radius 2 is 1.86 bits per heavy atom. The molecule has 0 spiro atoms. The molecule has 0 saturated carbocycles. The lowest BCUT2D eigenvalue weighted by Gasteiger charge is -2.17. The SMILES string of the molecule is Cc1cccc(C(=O)NCc2nc3ccccc3n2CC(=O)N2CCCC2)c1. The van der Waals surface area contributed by atoms with Gasteiger partial charge in [0.2, 0.25) is 5.91 Å². The summed E-state index contributed by atoms with van der Waals surface area (Å²) in [5, 5.41) is 2.94. The molecule has 1 aromatic heterocycles. The van der Waals surface area contributed by atoms with Crippen LogP contribution in [0.1, 0.15) is 34.6 Å². The highest BCUT2D eigenvalue weighted by Crippen LogP contribution is 2.18. The first-order chi connectivity index (χ1) is 13.6. The number of amides is 2. The van der Waals surface area contributed by atoms with Gasteiger partial charge in [0.25, 0.3) is 5.91 Å². The number of likely N-dealkylation sites (tertiary alicyclic amines) is 1. The molecule has 1 fully saturated rings. The van der Waals surface area contributed by atoms with Crippen molar-refractivity contribution in [2.75, 3.05) is 13.1 Å². The maximum atomic E-state index is 12.7. The first kappa shape index (κ1) is 18.2. The number of fused-ring (bicyclic) bond motifs is 1. The summed E-state index contributed by atoms with van der Waals surface area (Å²) in [6.07, 6.45) is 2.13. The molecular formula is C22H24N4O2. The van der Waals surface area contributed by atoms with E-state index in [9.17, 15) is 9.59 Å². The molecule has 3 aromatic rings. The van der Waals surface area contributed by atoms with E-state index < -0.39 is 0 Å². The van der Waals surface area contributed by atoms with Gasteiger partial charge in [-0.3, -0.25) is 9.59 Å². The number of carbonyl (C=O) groups excluding carboxylic acids is 2. The van der Waals surface area contributed by atoms with Crippen LogP contribution in [0, 0.1) is 6.92 Å². The van der Waals surface area contributed by atoms with E-state index in [2.05, 4.69) is 10.3 Å². The van der Waals surface area contributed by atoms with Crippen LogP contribution in [0.2, 0.25) is 0 Å². The van der Waals surface area contributed by atoms with Crippen LogP contribution in [-0.4, -0.2) is 39.4 Å². The average molecular weight is 376 g/mol. The number of hydrogen-bond donors (Lipinski definition) is 1. The second kappa shape index (κ2) is 7.84. The van der Waals surface area contributed by atoms with Crippen molar-refractivity contribution in [1.82, 2.24) is 19.8 Å². The smallest absolute Gasteiger partial charge is 0.251 e. The van der Waals surface area contributed by atoms with E-state index in [1.54, 1.807) is 6.07 Å². The molecule has 0 aliphatic carbocycles. The van der Waals surface area contributed by atoms with Crippen molar-refractivity contribution < 1.29 is 9.59 Å². The van der Waals surface area contributed by atoms with Crippen LogP contribution in [0.25, 0.3) is 11.0 Å². The average Bonchev–Trinajstić information content (AvgIpc) is 3.35. The summed E-state index contributed by atoms with van der Waals surface area (Å²) in [6, 6.07) is 15.2. The van der Waals surface area contributed by atoms with Crippen LogP contribution in [0.4, 0.5) is 0 Å². The Bertz CT molecular complexity index is 1020. The Morgan fingerprint density at radius 3 is 2.64 bits per heavy atom. The third-order valence-electron chi connectivity index (χ3n) is 5.17. The number of nitrogens with one attached hydrogen (secondary N) is 1. The molecular weight excluding hydrogens is 352 g/mol. The first-order valence-electron chi connectivity index (χ1n) is 9.68. The predicted octanol–water partition coefficient (Wildman–Crippen LogP) is 2.90. The van der Waals surface area contributed by atoms with Gasteiger partial charge in [-0.15, -0.1) is 0 Å². The Balaban J connectivity index is 1.55. The Hall–Kier alpha value is -3.15. The highest BCUT2D eigenvalue weighted by atomic mass is 16.2. The van der Waals surface area contributed by atoms with E-state index in [-0.39, 0.29) is 24.9 Å². The third-order valence-corrected chi connectivity index (χ3v) is 5.17. The van der Waals surface area contributed by atoms with Gasteiger partial charge in [0.05, 0.1) is 17.6 Å². The molecule has 1 aliphatic heterocycles. The zero-order valence-corrected chi connectivity index (χ0v) is 16.0. The lowest BCUT2D eigenvalue weighted by molar-refractivity contribution is -0.130. The summed E-state index contributed by atoms with van der Waals surface area (Å²) in [5.74, 6) is 0.648. The molecule has 6 heteroatoms. The van der Waals surface area contributed by atoms with Crippen molar-refractivity contribution >= 4 is 22.8 Å². The minimum absolute atomic E-state index is 0.104. The van der Waals surface area contributed by atoms with Crippen LogP contribution < -0.4 is 5.32 Å². The number of para-hydroxylation sites is 2. The summed E-state index contributed by atoms with van der Waals surface area (Å²) in [4.78, 5) is 31.8. The van der Waals surface area contributed by atoms with E-state index in [1.165, 1.54) is 0 Å². The van der Waals surface area contributed by atoms with Crippen molar-refractivity contribution in [3.8, 4) is 0 Å². The molecule has 1 N–H and O–H groups in total. The van der Waals surface area contributed by atoms with Crippen LogP contribution >= 0.6 is 0 Å². The van der Waals surface area contributed by atoms with Gasteiger partial charge < -0.3 is 14.8 Å². The molecule has 144 valence electrons. The van der Waals surface area contributed by atoms with Gasteiger partial charge in [-0.1, -0.05) is 29.8 Å². The Morgan fingerprint density at radius 1 is 1.07 bits per heavy atom. The number of imidazole rings is 1. The molecule has 0 radical (unpaired) electrons. The fourth-order valence-electron chi connectivity index (χ4n) is 3.69. The monoisotopic (exact) mass is 376 g/mol. The highest BCUT2D eigenvalue weighted by Gasteiger charge is 2.21. The van der Waals surface area contributed by atoms with Crippen molar-refractivity contribution in [2.24, 2.45) is 0 Å². The third kappa shape index (κ3) is 3.76. The fourth-order valence-corrected chi connectivity index (χ4v) is 3.69. The number of nitrogens with zero attached hydrogens (tertiary/aromatic N) is 3. The largest absolute Gasteiger partial charge is 0.345 e. The normalized spacial score (nSPS) is 13.8. The lowest BCUT2D eigenvalue weighted by atomic mass is 10.1. The van der Waals surface area contributed by atoms with Crippen molar-refractivity contribution in [3.05, 3.63) is 65.5 Å². The Labute approximate surface area is 164 Å². The van der Waals surface area contributed by atoms with Crippen LogP contribution in [-0.2, 0) is 17.9 Å². The summed E-state index contributed by atoms with van der Waals surface area (Å²) < 4.78 is 1.92. The summed E-state index contributed by atoms with van der Waals surface area (Å²) >= 11 is 0. The molecule has 2 aromatic carbocycles. The zero-order chi connectivity index (χ0) is 19.5. The highest BCUT2D eigenvalue weighted by molar-refractivity contribution is 5.94. The lowest BCUT2D eigenvalue weighted by Crippen LogP contribution is -2.32. The number of aromatic nitrogens is 2. The van der Waals surface area contributed by atoms with Gasteiger partial charge in [0.1, 0.15) is 12.4 Å². The number of carbonyl (C=O) groups is 2. The molecule has 1 saturated heterocycles. The van der Waals surface area contributed by atoms with Gasteiger partial charge in [0, 0.05) is 18.7 Å². The standard InChI is InChI=1S/C22H24N4O2/c1-16-7-6-8-17(13-16)22(28)23-14-20-24-18-9-2-3-10-19(18)26(20)15-21(27)25-11-4-5-12-25/h2-3,6-10,13H,4-5,11-12,14-15H2,1H3,(H,23,28). The molecule has 0 unspecified atom stereocenters. The second-order valence-electron chi connectivity index (χ2n) is 7.24. The van der Waals surface area contributed by atoms with Crippen molar-refractivity contribution in [3.63, 3.8) is 0 Å². The summed E-state index contributed by atoms with van der Waals surface area (Å²) in [6.45, 7) is 4.13. The number of benzene rings is 2. The zero-order valence-electron chi connectivity index (χ0n) is 16.0. The molecule has 28 heavy (non-hydrogen) atoms. The minimum Gasteiger partial charge on any atom is -0.345 e. The fraction of sp³-hybridized carbons (Fsp3) is 0.318. The molecule has 0 atom stereocenters. The van der Waals surface area contributed by atoms with Crippen LogP contribution in [0.5, 0.6) is 0 Å². The number of hydrogen-bond acceptors (Lipinski definition) is 3. The molecule has 1 aliphatic rings.